The Bertz CT molecular complexity index is 564. The highest BCUT2D eigenvalue weighted by Gasteiger charge is 2.23. The molecule has 1 atom stereocenters. The van der Waals surface area contributed by atoms with E-state index in [0.717, 1.165) is 25.9 Å². The first kappa shape index (κ1) is 16.9. The molecule has 0 saturated carbocycles. The van der Waals surface area contributed by atoms with E-state index in [2.05, 4.69) is 15.5 Å². The average molecular weight is 333 g/mol. The zero-order valence-corrected chi connectivity index (χ0v) is 13.6. The Morgan fingerprint density at radius 3 is 2.33 bits per heavy atom. The summed E-state index contributed by atoms with van der Waals surface area (Å²) in [6.45, 7) is 3.91. The van der Waals surface area contributed by atoms with Crippen LogP contribution in [-0.4, -0.2) is 62.3 Å². The molecule has 0 unspecified atom stereocenters. The van der Waals surface area contributed by atoms with Gasteiger partial charge in [0.05, 0.1) is 19.8 Å². The van der Waals surface area contributed by atoms with Crippen molar-refractivity contribution in [2.45, 2.75) is 18.9 Å². The zero-order chi connectivity index (χ0) is 16.8. The molecule has 0 aromatic heterocycles. The number of nitrogens with one attached hydrogen (secondary N) is 2. The summed E-state index contributed by atoms with van der Waals surface area (Å²) in [7, 11) is 0. The molecule has 7 heteroatoms. The second kappa shape index (κ2) is 8.23. The number of amides is 2. The van der Waals surface area contributed by atoms with Crippen molar-refractivity contribution >= 4 is 23.2 Å². The van der Waals surface area contributed by atoms with Crippen LogP contribution in [0.3, 0.4) is 0 Å². The maximum atomic E-state index is 12.0. The molecule has 130 valence electrons. The minimum atomic E-state index is -0.349. The number of hydrogen-bond donors (Lipinski definition) is 2. The smallest absolute Gasteiger partial charge is 0.253 e. The summed E-state index contributed by atoms with van der Waals surface area (Å²) in [6, 6.07) is 7.11. The van der Waals surface area contributed by atoms with Crippen LogP contribution in [0.15, 0.2) is 24.3 Å². The number of anilines is 2. The van der Waals surface area contributed by atoms with Gasteiger partial charge in [-0.25, -0.2) is 0 Å². The highest BCUT2D eigenvalue weighted by Crippen LogP contribution is 2.17. The van der Waals surface area contributed by atoms with Crippen LogP contribution in [-0.2, 0) is 19.1 Å². The van der Waals surface area contributed by atoms with E-state index in [1.54, 1.807) is 24.3 Å². The fourth-order valence-corrected chi connectivity index (χ4v) is 2.81. The lowest BCUT2D eigenvalue weighted by Gasteiger charge is -2.25. The highest BCUT2D eigenvalue weighted by molar-refractivity contribution is 5.95. The third kappa shape index (κ3) is 4.77. The minimum Gasteiger partial charge on any atom is -0.379 e. The van der Waals surface area contributed by atoms with Gasteiger partial charge in [-0.2, -0.15) is 0 Å². The lowest BCUT2D eigenvalue weighted by Crippen LogP contribution is -2.41. The first-order chi connectivity index (χ1) is 11.7. The molecule has 2 aliphatic heterocycles. The molecule has 2 heterocycles. The van der Waals surface area contributed by atoms with E-state index in [-0.39, 0.29) is 17.9 Å². The standard InChI is InChI=1S/C17H23N3O4/c21-16(12-20-7-10-23-11-8-20)18-13-3-5-14(6-4-13)19-17(22)15-2-1-9-24-15/h3-6,15H,1-2,7-12H2,(H,18,21)(H,19,22)/t15-/m1/s1. The summed E-state index contributed by atoms with van der Waals surface area (Å²) in [5.74, 6) is -0.162. The molecule has 7 nitrogen and oxygen atoms in total. The van der Waals surface area contributed by atoms with Crippen molar-refractivity contribution < 1.29 is 19.1 Å². The third-order valence-electron chi connectivity index (χ3n) is 4.13. The van der Waals surface area contributed by atoms with Crippen LogP contribution in [0, 0.1) is 0 Å². The van der Waals surface area contributed by atoms with Crippen LogP contribution in [0.4, 0.5) is 11.4 Å². The van der Waals surface area contributed by atoms with Gasteiger partial charge in [-0.05, 0) is 37.1 Å². The van der Waals surface area contributed by atoms with Gasteiger partial charge in [0.1, 0.15) is 6.10 Å². The largest absolute Gasteiger partial charge is 0.379 e. The van der Waals surface area contributed by atoms with Gasteiger partial charge in [-0.3, -0.25) is 14.5 Å². The number of ether oxygens (including phenoxy) is 2. The van der Waals surface area contributed by atoms with Gasteiger partial charge in [0.25, 0.3) is 5.91 Å². The molecular weight excluding hydrogens is 310 g/mol. The van der Waals surface area contributed by atoms with Crippen molar-refractivity contribution in [3.63, 3.8) is 0 Å². The zero-order valence-electron chi connectivity index (χ0n) is 13.6. The summed E-state index contributed by atoms with van der Waals surface area (Å²) in [4.78, 5) is 26.1. The summed E-state index contributed by atoms with van der Waals surface area (Å²) in [5, 5.41) is 5.70. The second-order valence-electron chi connectivity index (χ2n) is 6.00. The molecule has 0 aliphatic carbocycles. The molecular formula is C17H23N3O4. The predicted octanol–water partition coefficient (Wildman–Crippen LogP) is 1.07. The number of hydrogen-bond acceptors (Lipinski definition) is 5. The van der Waals surface area contributed by atoms with Gasteiger partial charge in [-0.1, -0.05) is 0 Å². The summed E-state index contributed by atoms with van der Waals surface area (Å²) >= 11 is 0. The molecule has 2 aliphatic rings. The van der Waals surface area contributed by atoms with Crippen LogP contribution in [0.25, 0.3) is 0 Å². The summed E-state index contributed by atoms with van der Waals surface area (Å²) in [6.07, 6.45) is 1.34. The van der Waals surface area contributed by atoms with Crippen molar-refractivity contribution in [3.8, 4) is 0 Å². The molecule has 2 saturated heterocycles. The molecule has 1 aromatic carbocycles. The molecule has 24 heavy (non-hydrogen) atoms. The quantitative estimate of drug-likeness (QED) is 0.843. The van der Waals surface area contributed by atoms with Crippen LogP contribution >= 0.6 is 0 Å². The first-order valence-electron chi connectivity index (χ1n) is 8.33. The van der Waals surface area contributed by atoms with Crippen LogP contribution in [0.2, 0.25) is 0 Å². The molecule has 2 amide bonds. The van der Waals surface area contributed by atoms with Crippen LogP contribution < -0.4 is 10.6 Å². The van der Waals surface area contributed by atoms with Crippen molar-refractivity contribution in [1.82, 2.24) is 4.90 Å². The first-order valence-corrected chi connectivity index (χ1v) is 8.33. The normalized spacial score (nSPS) is 21.4. The Morgan fingerprint density at radius 2 is 1.71 bits per heavy atom. The van der Waals surface area contributed by atoms with Crippen molar-refractivity contribution in [2.24, 2.45) is 0 Å². The van der Waals surface area contributed by atoms with E-state index in [9.17, 15) is 9.59 Å². The number of nitrogens with zero attached hydrogens (tertiary/aromatic N) is 1. The van der Waals surface area contributed by atoms with Crippen LogP contribution in [0.1, 0.15) is 12.8 Å². The van der Waals surface area contributed by atoms with E-state index in [1.165, 1.54) is 0 Å². The topological polar surface area (TPSA) is 79.9 Å². The lowest BCUT2D eigenvalue weighted by atomic mass is 10.2. The number of carbonyl (C=O) groups is 2. The third-order valence-corrected chi connectivity index (χ3v) is 4.13. The van der Waals surface area contributed by atoms with Gasteiger partial charge in [0.15, 0.2) is 0 Å². The van der Waals surface area contributed by atoms with Crippen molar-refractivity contribution in [1.29, 1.82) is 0 Å². The monoisotopic (exact) mass is 333 g/mol. The molecule has 2 fully saturated rings. The number of benzene rings is 1. The lowest BCUT2D eigenvalue weighted by molar-refractivity contribution is -0.124. The Labute approximate surface area is 141 Å². The van der Waals surface area contributed by atoms with E-state index < -0.39 is 0 Å². The maximum absolute atomic E-state index is 12.0. The fraction of sp³-hybridized carbons (Fsp3) is 0.529. The molecule has 1 aromatic rings. The molecule has 0 bridgehead atoms. The predicted molar refractivity (Wildman–Crippen MR) is 89.9 cm³/mol. The van der Waals surface area contributed by atoms with E-state index in [4.69, 9.17) is 9.47 Å². The van der Waals surface area contributed by atoms with E-state index in [0.29, 0.717) is 37.7 Å². The Balaban J connectivity index is 1.46. The maximum Gasteiger partial charge on any atom is 0.253 e. The van der Waals surface area contributed by atoms with Gasteiger partial charge in [0.2, 0.25) is 5.91 Å². The molecule has 0 radical (unpaired) electrons. The summed E-state index contributed by atoms with van der Waals surface area (Å²) < 4.78 is 10.6. The van der Waals surface area contributed by atoms with E-state index >= 15 is 0 Å². The molecule has 0 spiro atoms. The molecule has 3 rings (SSSR count). The highest BCUT2D eigenvalue weighted by atomic mass is 16.5. The molecule has 2 N–H and O–H groups in total. The minimum absolute atomic E-state index is 0.0481. The van der Waals surface area contributed by atoms with Gasteiger partial charge >= 0.3 is 0 Å². The van der Waals surface area contributed by atoms with Gasteiger partial charge in [-0.15, -0.1) is 0 Å². The Morgan fingerprint density at radius 1 is 1.04 bits per heavy atom. The van der Waals surface area contributed by atoms with Crippen molar-refractivity contribution in [2.75, 3.05) is 50.1 Å². The fourth-order valence-electron chi connectivity index (χ4n) is 2.81. The number of morpholine rings is 1. The van der Waals surface area contributed by atoms with Crippen LogP contribution in [0.5, 0.6) is 0 Å². The van der Waals surface area contributed by atoms with Gasteiger partial charge in [0, 0.05) is 31.1 Å². The summed E-state index contributed by atoms with van der Waals surface area (Å²) in [5.41, 5.74) is 1.41. The Hall–Kier alpha value is -1.96. The number of carbonyl (C=O) groups excluding carboxylic acids is 2. The average Bonchev–Trinajstić information content (AvgIpc) is 3.12. The number of rotatable bonds is 5. The van der Waals surface area contributed by atoms with Crippen molar-refractivity contribution in [3.05, 3.63) is 24.3 Å². The van der Waals surface area contributed by atoms with Gasteiger partial charge < -0.3 is 20.1 Å². The Kier molecular flexibility index (Phi) is 5.79. The van der Waals surface area contributed by atoms with E-state index in [1.807, 2.05) is 0 Å². The second-order valence-corrected chi connectivity index (χ2v) is 6.00. The SMILES string of the molecule is O=C(CN1CCOCC1)Nc1ccc(NC(=O)[C@H]2CCCO2)cc1.